The monoisotopic (exact) mass is 479 g/mol. The van der Waals surface area contributed by atoms with E-state index in [1.165, 1.54) is 6.33 Å². The number of carbonyl (C=O) groups excluding carboxylic acids is 2. The highest BCUT2D eigenvalue weighted by Gasteiger charge is 2.32. The number of imidazole rings is 1. The maximum absolute atomic E-state index is 12.8. The Labute approximate surface area is 205 Å². The highest BCUT2D eigenvalue weighted by molar-refractivity contribution is 5.86. The summed E-state index contributed by atoms with van der Waals surface area (Å²) in [5, 5.41) is 3.33. The van der Waals surface area contributed by atoms with Gasteiger partial charge in [-0.1, -0.05) is 0 Å². The molecule has 0 saturated carbocycles. The number of anilines is 1. The van der Waals surface area contributed by atoms with Gasteiger partial charge in [0.2, 0.25) is 11.8 Å². The zero-order valence-corrected chi connectivity index (χ0v) is 21.0. The zero-order valence-electron chi connectivity index (χ0n) is 21.0. The van der Waals surface area contributed by atoms with Gasteiger partial charge in [-0.25, -0.2) is 24.9 Å². The highest BCUT2D eigenvalue weighted by atomic mass is 16.2. The van der Waals surface area contributed by atoms with Crippen molar-refractivity contribution in [3.8, 4) is 11.4 Å². The van der Waals surface area contributed by atoms with Crippen LogP contribution in [-0.2, 0) is 16.1 Å². The lowest BCUT2D eigenvalue weighted by atomic mass is 10.1. The smallest absolute Gasteiger partial charge is 0.222 e. The Morgan fingerprint density at radius 1 is 1.09 bits per heavy atom. The Kier molecular flexibility index (Phi) is 7.23. The van der Waals surface area contributed by atoms with Gasteiger partial charge >= 0.3 is 0 Å². The van der Waals surface area contributed by atoms with E-state index < -0.39 is 0 Å². The van der Waals surface area contributed by atoms with Gasteiger partial charge in [-0.3, -0.25) is 9.59 Å². The van der Waals surface area contributed by atoms with Crippen LogP contribution in [0, 0.1) is 6.92 Å². The van der Waals surface area contributed by atoms with Gasteiger partial charge in [0, 0.05) is 64.0 Å². The average Bonchev–Trinajstić information content (AvgIpc) is 3.20. The van der Waals surface area contributed by atoms with E-state index >= 15 is 0 Å². The number of fused-ring (bicyclic) bond motifs is 1. The first-order valence-corrected chi connectivity index (χ1v) is 12.1. The van der Waals surface area contributed by atoms with E-state index in [4.69, 9.17) is 4.98 Å². The number of hydrogen-bond donors (Lipinski definition) is 1. The van der Waals surface area contributed by atoms with Crippen molar-refractivity contribution >= 4 is 28.8 Å². The number of amides is 2. The molecule has 2 unspecified atom stereocenters. The Morgan fingerprint density at radius 3 is 2.40 bits per heavy atom. The van der Waals surface area contributed by atoms with Crippen molar-refractivity contribution in [3.63, 3.8) is 0 Å². The van der Waals surface area contributed by atoms with Gasteiger partial charge in [0.25, 0.3) is 0 Å². The first-order chi connectivity index (χ1) is 16.8. The summed E-state index contributed by atoms with van der Waals surface area (Å²) in [6, 6.07) is 0.0452. The second kappa shape index (κ2) is 10.3. The van der Waals surface area contributed by atoms with Gasteiger partial charge in [-0.05, 0) is 34.1 Å². The molecule has 1 aliphatic rings. The van der Waals surface area contributed by atoms with Crippen LogP contribution in [-0.4, -0.2) is 82.8 Å². The van der Waals surface area contributed by atoms with Crippen molar-refractivity contribution in [2.75, 3.05) is 25.0 Å². The number of carbonyl (C=O) groups is 2. The second-order valence-corrected chi connectivity index (χ2v) is 9.05. The van der Waals surface area contributed by atoms with Crippen LogP contribution in [0.5, 0.6) is 0 Å². The molecule has 3 aromatic rings. The molecule has 4 heterocycles. The number of aromatic nitrogens is 6. The van der Waals surface area contributed by atoms with E-state index in [1.54, 1.807) is 19.3 Å². The predicted octanol–water partition coefficient (Wildman–Crippen LogP) is 2.27. The molecule has 2 amide bonds. The van der Waals surface area contributed by atoms with Crippen LogP contribution >= 0.6 is 0 Å². The molecule has 11 heteroatoms. The number of hydrogen-bond acceptors (Lipinski definition) is 8. The minimum atomic E-state index is 0.0226. The summed E-state index contributed by atoms with van der Waals surface area (Å²) >= 11 is 0. The van der Waals surface area contributed by atoms with E-state index in [2.05, 4.69) is 25.3 Å². The molecule has 0 aliphatic carbocycles. The summed E-state index contributed by atoms with van der Waals surface area (Å²) in [5.74, 6) is 2.25. The lowest BCUT2D eigenvalue weighted by molar-refractivity contribution is -0.144. The average molecular weight is 480 g/mol. The number of rotatable bonds is 7. The quantitative estimate of drug-likeness (QED) is 0.512. The van der Waals surface area contributed by atoms with Crippen molar-refractivity contribution in [3.05, 3.63) is 24.5 Å². The Balaban J connectivity index is 1.40. The van der Waals surface area contributed by atoms with Crippen LogP contribution in [0.25, 0.3) is 22.6 Å². The lowest BCUT2D eigenvalue weighted by Gasteiger charge is -2.44. The normalized spacial score (nSPS) is 18.2. The fraction of sp³-hybridized carbons (Fsp3) is 0.542. The standard InChI is InChI=1S/C24H33N9O2/c1-6-32-23(19-10-26-17(4)27-11-19)30-21-22(28-14-29-24(21)32)25-9-7-8-20(35)31-12-15(2)33(18(5)34)16(3)13-31/h10-11,14-16H,6-9,12-13H2,1-5H3,(H,25,28,29). The molecule has 186 valence electrons. The van der Waals surface area contributed by atoms with E-state index in [0.29, 0.717) is 56.2 Å². The third kappa shape index (κ3) is 5.08. The first-order valence-electron chi connectivity index (χ1n) is 12.1. The molecule has 3 aromatic heterocycles. The summed E-state index contributed by atoms with van der Waals surface area (Å²) in [5.41, 5.74) is 2.24. The molecule has 0 radical (unpaired) electrons. The summed E-state index contributed by atoms with van der Waals surface area (Å²) in [6.07, 6.45) is 6.14. The SMILES string of the molecule is CCn1c(-c2cnc(C)nc2)nc2c(NCCCC(=O)N3CC(C)N(C(C)=O)C(C)C3)ncnc21. The molecule has 1 N–H and O–H groups in total. The van der Waals surface area contributed by atoms with Crippen LogP contribution < -0.4 is 5.32 Å². The van der Waals surface area contributed by atoms with Gasteiger partial charge in [-0.2, -0.15) is 0 Å². The van der Waals surface area contributed by atoms with Crippen LogP contribution in [0.2, 0.25) is 0 Å². The molecule has 2 atom stereocenters. The van der Waals surface area contributed by atoms with Gasteiger partial charge in [0.15, 0.2) is 17.0 Å². The molecular weight excluding hydrogens is 446 g/mol. The van der Waals surface area contributed by atoms with E-state index in [0.717, 1.165) is 17.0 Å². The third-order valence-electron chi connectivity index (χ3n) is 6.38. The van der Waals surface area contributed by atoms with Crippen molar-refractivity contribution < 1.29 is 9.59 Å². The van der Waals surface area contributed by atoms with Crippen molar-refractivity contribution in [2.24, 2.45) is 0 Å². The van der Waals surface area contributed by atoms with Crippen LogP contribution in [0.1, 0.15) is 46.4 Å². The fourth-order valence-electron chi connectivity index (χ4n) is 4.85. The highest BCUT2D eigenvalue weighted by Crippen LogP contribution is 2.26. The molecule has 4 rings (SSSR count). The molecular formula is C24H33N9O2. The summed E-state index contributed by atoms with van der Waals surface area (Å²) in [6.45, 7) is 11.9. The van der Waals surface area contributed by atoms with Gasteiger partial charge < -0.3 is 19.7 Å². The fourth-order valence-corrected chi connectivity index (χ4v) is 4.85. The molecule has 11 nitrogen and oxygen atoms in total. The Morgan fingerprint density at radius 2 is 1.77 bits per heavy atom. The first kappa shape index (κ1) is 24.5. The Hall–Kier alpha value is -3.63. The van der Waals surface area contributed by atoms with Crippen LogP contribution in [0.3, 0.4) is 0 Å². The summed E-state index contributed by atoms with van der Waals surface area (Å²) in [7, 11) is 0. The molecule has 0 bridgehead atoms. The van der Waals surface area contributed by atoms with Crippen LogP contribution in [0.15, 0.2) is 18.7 Å². The molecule has 1 fully saturated rings. The number of nitrogens with zero attached hydrogens (tertiary/aromatic N) is 8. The topological polar surface area (TPSA) is 122 Å². The second-order valence-electron chi connectivity index (χ2n) is 9.05. The largest absolute Gasteiger partial charge is 0.368 e. The molecule has 1 aliphatic heterocycles. The molecule has 1 saturated heterocycles. The summed E-state index contributed by atoms with van der Waals surface area (Å²) in [4.78, 5) is 50.6. The molecule has 0 aromatic carbocycles. The van der Waals surface area contributed by atoms with Crippen molar-refractivity contribution in [1.82, 2.24) is 39.3 Å². The Bertz CT molecular complexity index is 1200. The van der Waals surface area contributed by atoms with Crippen molar-refractivity contribution in [1.29, 1.82) is 0 Å². The number of nitrogens with one attached hydrogen (secondary N) is 1. The van der Waals surface area contributed by atoms with Crippen LogP contribution in [0.4, 0.5) is 5.82 Å². The summed E-state index contributed by atoms with van der Waals surface area (Å²) < 4.78 is 2.02. The van der Waals surface area contributed by atoms with Gasteiger partial charge in [0.1, 0.15) is 18.0 Å². The van der Waals surface area contributed by atoms with E-state index in [1.807, 2.05) is 42.1 Å². The number of aryl methyl sites for hydroxylation is 2. The lowest BCUT2D eigenvalue weighted by Crippen LogP contribution is -2.59. The van der Waals surface area contributed by atoms with E-state index in [-0.39, 0.29) is 23.9 Å². The predicted molar refractivity (Wildman–Crippen MR) is 133 cm³/mol. The van der Waals surface area contributed by atoms with Crippen molar-refractivity contribution in [2.45, 2.75) is 66.1 Å². The number of piperazine rings is 1. The van der Waals surface area contributed by atoms with E-state index in [9.17, 15) is 9.59 Å². The van der Waals surface area contributed by atoms with Gasteiger partial charge in [-0.15, -0.1) is 0 Å². The molecule has 35 heavy (non-hydrogen) atoms. The zero-order chi connectivity index (χ0) is 25.1. The molecule has 0 spiro atoms. The maximum atomic E-state index is 12.8. The minimum Gasteiger partial charge on any atom is -0.368 e. The maximum Gasteiger partial charge on any atom is 0.222 e. The third-order valence-corrected chi connectivity index (χ3v) is 6.38. The minimum absolute atomic E-state index is 0.0226. The van der Waals surface area contributed by atoms with Gasteiger partial charge in [0.05, 0.1) is 5.56 Å².